The number of rotatable bonds is 3. The first-order chi connectivity index (χ1) is 9.80. The molecule has 0 saturated carbocycles. The first-order valence-electron chi connectivity index (χ1n) is 6.03. The normalized spacial score (nSPS) is 18.3. The van der Waals surface area contributed by atoms with Gasteiger partial charge in [0.2, 0.25) is 0 Å². The van der Waals surface area contributed by atoms with Crippen molar-refractivity contribution in [2.75, 3.05) is 19.5 Å². The molecule has 0 aromatic heterocycles. The Kier molecular flexibility index (Phi) is 4.56. The van der Waals surface area contributed by atoms with E-state index < -0.39 is 0 Å². The van der Waals surface area contributed by atoms with Gasteiger partial charge in [-0.3, -0.25) is 4.99 Å². The van der Waals surface area contributed by atoms with Gasteiger partial charge in [0.05, 0.1) is 20.4 Å². The SMILES string of the molecule is COc1ccc(NC2=N[NH+]3C=CN=CC3=N2)cc1OC.[Cl-]. The number of hydrogen-bond acceptors (Lipinski definition) is 6. The van der Waals surface area contributed by atoms with Crippen LogP contribution < -0.4 is 32.2 Å². The highest BCUT2D eigenvalue weighted by Gasteiger charge is 2.24. The third kappa shape index (κ3) is 3.04. The Morgan fingerprint density at radius 1 is 1.14 bits per heavy atom. The second-order valence-corrected chi connectivity index (χ2v) is 4.11. The Bertz CT molecular complexity index is 654. The van der Waals surface area contributed by atoms with Crippen LogP contribution in [0, 0.1) is 0 Å². The third-order valence-electron chi connectivity index (χ3n) is 2.87. The maximum Gasteiger partial charge on any atom is 0.286 e. The minimum atomic E-state index is 0. The zero-order valence-electron chi connectivity index (χ0n) is 11.5. The van der Waals surface area contributed by atoms with Gasteiger partial charge in [0.25, 0.3) is 11.8 Å². The van der Waals surface area contributed by atoms with Crippen molar-refractivity contribution in [2.45, 2.75) is 0 Å². The van der Waals surface area contributed by atoms with E-state index in [0.29, 0.717) is 17.5 Å². The van der Waals surface area contributed by atoms with Crippen molar-refractivity contribution in [3.8, 4) is 11.5 Å². The predicted octanol–water partition coefficient (Wildman–Crippen LogP) is -2.76. The molecule has 2 heterocycles. The van der Waals surface area contributed by atoms with Crippen LogP contribution in [0.4, 0.5) is 5.69 Å². The summed E-state index contributed by atoms with van der Waals surface area (Å²) in [5.41, 5.74) is 0.825. The first-order valence-corrected chi connectivity index (χ1v) is 6.03. The quantitative estimate of drug-likeness (QED) is 0.636. The molecule has 1 aromatic rings. The fourth-order valence-electron chi connectivity index (χ4n) is 1.91. The number of halogens is 1. The van der Waals surface area contributed by atoms with Crippen molar-refractivity contribution in [3.05, 3.63) is 30.6 Å². The van der Waals surface area contributed by atoms with Crippen molar-refractivity contribution in [1.29, 1.82) is 0 Å². The third-order valence-corrected chi connectivity index (χ3v) is 2.87. The van der Waals surface area contributed by atoms with E-state index in [4.69, 9.17) is 9.47 Å². The maximum atomic E-state index is 5.26. The first kappa shape index (κ1) is 15.0. The lowest BCUT2D eigenvalue weighted by Crippen LogP contribution is -3.05. The lowest BCUT2D eigenvalue weighted by molar-refractivity contribution is -0.748. The number of amidine groups is 1. The largest absolute Gasteiger partial charge is 1.00 e. The van der Waals surface area contributed by atoms with Crippen LogP contribution >= 0.6 is 0 Å². The summed E-state index contributed by atoms with van der Waals surface area (Å²) < 4.78 is 10.5. The van der Waals surface area contributed by atoms with Gasteiger partial charge in [-0.1, -0.05) is 0 Å². The van der Waals surface area contributed by atoms with Crippen LogP contribution in [-0.2, 0) is 0 Å². The zero-order chi connectivity index (χ0) is 13.9. The van der Waals surface area contributed by atoms with E-state index in [1.165, 1.54) is 0 Å². The minimum Gasteiger partial charge on any atom is -1.00 e. The van der Waals surface area contributed by atoms with Crippen molar-refractivity contribution in [2.24, 2.45) is 15.1 Å². The van der Waals surface area contributed by atoms with Crippen molar-refractivity contribution in [3.63, 3.8) is 0 Å². The van der Waals surface area contributed by atoms with Gasteiger partial charge >= 0.3 is 0 Å². The number of methoxy groups -OCH3 is 2. The van der Waals surface area contributed by atoms with Gasteiger partial charge < -0.3 is 27.2 Å². The van der Waals surface area contributed by atoms with Crippen LogP contribution in [0.3, 0.4) is 0 Å². The van der Waals surface area contributed by atoms with E-state index in [0.717, 1.165) is 16.5 Å². The molecular formula is C13H14ClN5O2. The summed E-state index contributed by atoms with van der Waals surface area (Å²) in [5, 5.41) is 8.31. The lowest BCUT2D eigenvalue weighted by Gasteiger charge is -2.09. The van der Waals surface area contributed by atoms with E-state index in [-0.39, 0.29) is 12.4 Å². The van der Waals surface area contributed by atoms with Gasteiger partial charge in [0.1, 0.15) is 12.4 Å². The summed E-state index contributed by atoms with van der Waals surface area (Å²) in [5.74, 6) is 2.61. The number of nitrogens with one attached hydrogen (secondary N) is 2. The van der Waals surface area contributed by atoms with Crippen LogP contribution in [-0.4, -0.2) is 32.2 Å². The van der Waals surface area contributed by atoms with Crippen LogP contribution in [0.15, 0.2) is 45.7 Å². The molecule has 0 saturated heterocycles. The number of fused-ring (bicyclic) bond motifs is 1. The van der Waals surface area contributed by atoms with E-state index in [9.17, 15) is 0 Å². The second kappa shape index (κ2) is 6.38. The Morgan fingerprint density at radius 2 is 1.95 bits per heavy atom. The van der Waals surface area contributed by atoms with E-state index in [2.05, 4.69) is 20.4 Å². The molecule has 0 aliphatic carbocycles. The number of guanidine groups is 1. The molecule has 3 rings (SSSR count). The molecule has 2 N–H and O–H groups in total. The van der Waals surface area contributed by atoms with Gasteiger partial charge in [-0.15, -0.1) is 5.01 Å². The Labute approximate surface area is 128 Å². The maximum absolute atomic E-state index is 5.26. The summed E-state index contributed by atoms with van der Waals surface area (Å²) in [6.45, 7) is 0. The summed E-state index contributed by atoms with van der Waals surface area (Å²) in [6, 6.07) is 5.53. The summed E-state index contributed by atoms with van der Waals surface area (Å²) in [4.78, 5) is 8.37. The molecule has 0 fully saturated rings. The standard InChI is InChI=1S/C13H13N5O2.ClH/c1-19-10-4-3-9(7-11(10)20-2)15-13-16-12-8-14-5-6-18(12)17-13;/h3-8H,1-2H3,(H,15,17);1H. The molecule has 2 aliphatic rings. The number of quaternary nitrogens is 1. The number of hydrogen-bond donors (Lipinski definition) is 2. The molecule has 0 radical (unpaired) electrons. The monoisotopic (exact) mass is 307 g/mol. The van der Waals surface area contributed by atoms with Crippen LogP contribution in [0.25, 0.3) is 0 Å². The van der Waals surface area contributed by atoms with Gasteiger partial charge in [0, 0.05) is 11.8 Å². The topological polar surface area (TPSA) is 72.0 Å². The highest BCUT2D eigenvalue weighted by Crippen LogP contribution is 2.29. The number of anilines is 1. The van der Waals surface area contributed by atoms with E-state index in [1.54, 1.807) is 26.6 Å². The van der Waals surface area contributed by atoms with E-state index >= 15 is 0 Å². The summed E-state index contributed by atoms with van der Waals surface area (Å²) >= 11 is 0. The fraction of sp³-hybridized carbons (Fsp3) is 0.154. The molecule has 0 spiro atoms. The fourth-order valence-corrected chi connectivity index (χ4v) is 1.91. The molecule has 0 amide bonds. The number of benzene rings is 1. The average Bonchev–Trinajstić information content (AvgIpc) is 2.89. The molecule has 1 unspecified atom stereocenters. The molecule has 21 heavy (non-hydrogen) atoms. The Morgan fingerprint density at radius 3 is 2.67 bits per heavy atom. The van der Waals surface area contributed by atoms with Crippen molar-refractivity contribution >= 4 is 23.7 Å². The Hall–Kier alpha value is -2.38. The molecule has 1 aromatic carbocycles. The highest BCUT2D eigenvalue weighted by atomic mass is 35.5. The molecule has 7 nitrogen and oxygen atoms in total. The number of aliphatic imine (C=N–C) groups is 2. The smallest absolute Gasteiger partial charge is 0.286 e. The van der Waals surface area contributed by atoms with Gasteiger partial charge in [0.15, 0.2) is 11.5 Å². The van der Waals surface area contributed by atoms with Crippen LogP contribution in [0.1, 0.15) is 0 Å². The van der Waals surface area contributed by atoms with E-state index in [1.807, 2.05) is 24.4 Å². The van der Waals surface area contributed by atoms with Gasteiger partial charge in [-0.25, -0.2) is 0 Å². The van der Waals surface area contributed by atoms with Crippen molar-refractivity contribution in [1.82, 2.24) is 0 Å². The molecular weight excluding hydrogens is 294 g/mol. The summed E-state index contributed by atoms with van der Waals surface area (Å²) in [6.07, 6.45) is 5.20. The number of nitrogens with zero attached hydrogens (tertiary/aromatic N) is 3. The van der Waals surface area contributed by atoms with Gasteiger partial charge in [-0.05, 0) is 17.2 Å². The minimum absolute atomic E-state index is 0. The van der Waals surface area contributed by atoms with Crippen LogP contribution in [0.2, 0.25) is 0 Å². The molecule has 8 heteroatoms. The predicted molar refractivity (Wildman–Crippen MR) is 76.6 cm³/mol. The highest BCUT2D eigenvalue weighted by molar-refractivity contribution is 6.29. The average molecular weight is 308 g/mol. The number of ether oxygens (including phenoxy) is 2. The molecule has 110 valence electrons. The molecule has 0 bridgehead atoms. The van der Waals surface area contributed by atoms with Crippen molar-refractivity contribution < 1.29 is 26.9 Å². The summed E-state index contributed by atoms with van der Waals surface area (Å²) in [7, 11) is 3.20. The van der Waals surface area contributed by atoms with Crippen LogP contribution in [0.5, 0.6) is 11.5 Å². The molecule has 1 atom stereocenters. The Balaban J connectivity index is 0.00000161. The second-order valence-electron chi connectivity index (χ2n) is 4.11. The molecule has 2 aliphatic heterocycles. The zero-order valence-corrected chi connectivity index (χ0v) is 12.3. The van der Waals surface area contributed by atoms with Gasteiger partial charge in [-0.2, -0.15) is 4.99 Å². The lowest BCUT2D eigenvalue weighted by atomic mass is 10.3.